The number of hydrazone groups is 1. The number of nitrogens with one attached hydrogen (secondary N) is 1. The topological polar surface area (TPSA) is 37.3 Å². The van der Waals surface area contributed by atoms with Gasteiger partial charge in [-0.15, -0.1) is 0 Å². The molecule has 0 atom stereocenters. The molecule has 3 nitrogen and oxygen atoms in total. The Hall–Kier alpha value is -2.20. The van der Waals surface area contributed by atoms with Crippen molar-refractivity contribution in [1.29, 1.82) is 0 Å². The minimum absolute atomic E-state index is 0.811. The second-order valence-electron chi connectivity index (χ2n) is 4.21. The molecule has 94 valence electrons. The Morgan fingerprint density at radius 3 is 2.74 bits per heavy atom. The Bertz CT molecular complexity index is 698. The quantitative estimate of drug-likeness (QED) is 0.574. The summed E-state index contributed by atoms with van der Waals surface area (Å²) >= 11 is 1.60. The molecule has 1 N–H and O–H groups in total. The average Bonchev–Trinajstić information content (AvgIpc) is 2.83. The number of anilines is 1. The zero-order valence-corrected chi connectivity index (χ0v) is 11.3. The Morgan fingerprint density at radius 2 is 1.89 bits per heavy atom. The number of aryl methyl sites for hydroxylation is 1. The zero-order chi connectivity index (χ0) is 13.1. The molecule has 1 heterocycles. The van der Waals surface area contributed by atoms with E-state index in [-0.39, 0.29) is 0 Å². The summed E-state index contributed by atoms with van der Waals surface area (Å²) < 4.78 is 1.16. The summed E-state index contributed by atoms with van der Waals surface area (Å²) in [6, 6.07) is 16.2. The lowest BCUT2D eigenvalue weighted by atomic mass is 10.1. The van der Waals surface area contributed by atoms with Crippen molar-refractivity contribution in [3.05, 3.63) is 59.7 Å². The van der Waals surface area contributed by atoms with Crippen LogP contribution >= 0.6 is 11.3 Å². The van der Waals surface area contributed by atoms with Gasteiger partial charge in [0.2, 0.25) is 5.13 Å². The predicted octanol–water partition coefficient (Wildman–Crippen LogP) is 4.05. The first-order valence-corrected chi connectivity index (χ1v) is 6.85. The molecule has 3 rings (SSSR count). The highest BCUT2D eigenvalue weighted by molar-refractivity contribution is 7.22. The van der Waals surface area contributed by atoms with E-state index in [1.165, 1.54) is 5.56 Å². The van der Waals surface area contributed by atoms with Gasteiger partial charge in [-0.1, -0.05) is 47.7 Å². The van der Waals surface area contributed by atoms with E-state index < -0.39 is 0 Å². The van der Waals surface area contributed by atoms with E-state index in [0.717, 1.165) is 20.9 Å². The number of hydrogen-bond acceptors (Lipinski definition) is 4. The fourth-order valence-corrected chi connectivity index (χ4v) is 2.62. The normalized spacial score (nSPS) is 11.2. The molecule has 1 aromatic heterocycles. The summed E-state index contributed by atoms with van der Waals surface area (Å²) in [4.78, 5) is 4.46. The van der Waals surface area contributed by atoms with Crippen molar-refractivity contribution in [1.82, 2.24) is 4.98 Å². The lowest BCUT2D eigenvalue weighted by Gasteiger charge is -1.97. The van der Waals surface area contributed by atoms with Crippen LogP contribution in [0.25, 0.3) is 10.2 Å². The van der Waals surface area contributed by atoms with Gasteiger partial charge in [0.05, 0.1) is 16.4 Å². The van der Waals surface area contributed by atoms with Gasteiger partial charge in [0.1, 0.15) is 0 Å². The van der Waals surface area contributed by atoms with Crippen LogP contribution in [0, 0.1) is 6.92 Å². The monoisotopic (exact) mass is 267 g/mol. The van der Waals surface area contributed by atoms with Crippen LogP contribution in [0.15, 0.2) is 53.6 Å². The maximum atomic E-state index is 4.46. The Kier molecular flexibility index (Phi) is 3.25. The smallest absolute Gasteiger partial charge is 0.204 e. The Labute approximate surface area is 115 Å². The maximum absolute atomic E-state index is 4.46. The van der Waals surface area contributed by atoms with Gasteiger partial charge in [-0.05, 0) is 30.2 Å². The highest BCUT2D eigenvalue weighted by atomic mass is 32.1. The van der Waals surface area contributed by atoms with Crippen LogP contribution in [-0.4, -0.2) is 11.2 Å². The molecule has 19 heavy (non-hydrogen) atoms. The largest absolute Gasteiger partial charge is 0.253 e. The van der Waals surface area contributed by atoms with E-state index in [1.54, 1.807) is 11.3 Å². The van der Waals surface area contributed by atoms with Crippen molar-refractivity contribution < 1.29 is 0 Å². The number of benzene rings is 2. The van der Waals surface area contributed by atoms with Gasteiger partial charge < -0.3 is 0 Å². The van der Waals surface area contributed by atoms with Crippen molar-refractivity contribution in [3.63, 3.8) is 0 Å². The van der Waals surface area contributed by atoms with E-state index in [1.807, 2.05) is 42.6 Å². The van der Waals surface area contributed by atoms with Crippen molar-refractivity contribution >= 4 is 32.9 Å². The van der Waals surface area contributed by atoms with Crippen LogP contribution in [-0.2, 0) is 0 Å². The molecule has 0 bridgehead atoms. The Morgan fingerprint density at radius 1 is 1.11 bits per heavy atom. The van der Waals surface area contributed by atoms with Gasteiger partial charge in [-0.25, -0.2) is 4.98 Å². The number of fused-ring (bicyclic) bond motifs is 1. The van der Waals surface area contributed by atoms with Crippen molar-refractivity contribution in [2.45, 2.75) is 6.92 Å². The van der Waals surface area contributed by atoms with Crippen molar-refractivity contribution in [2.75, 3.05) is 5.43 Å². The molecule has 0 radical (unpaired) electrons. The van der Waals surface area contributed by atoms with Crippen LogP contribution in [0.2, 0.25) is 0 Å². The summed E-state index contributed by atoms with van der Waals surface area (Å²) in [5.41, 5.74) is 6.30. The average molecular weight is 267 g/mol. The van der Waals surface area contributed by atoms with E-state index in [4.69, 9.17) is 0 Å². The number of aromatic nitrogens is 1. The van der Waals surface area contributed by atoms with Gasteiger partial charge in [-0.3, -0.25) is 5.43 Å². The first-order valence-electron chi connectivity index (χ1n) is 6.03. The molecule has 3 aromatic rings. The number of hydrogen-bond donors (Lipinski definition) is 1. The van der Waals surface area contributed by atoms with Crippen LogP contribution in [0.5, 0.6) is 0 Å². The lowest BCUT2D eigenvalue weighted by Crippen LogP contribution is -1.91. The molecule has 0 saturated carbocycles. The third kappa shape index (κ3) is 2.63. The van der Waals surface area contributed by atoms with Gasteiger partial charge in [0.25, 0.3) is 0 Å². The molecule has 0 fully saturated rings. The summed E-state index contributed by atoms with van der Waals surface area (Å²) in [7, 11) is 0. The second-order valence-corrected chi connectivity index (χ2v) is 5.24. The molecular formula is C15H13N3S. The van der Waals surface area contributed by atoms with Crippen LogP contribution in [0.3, 0.4) is 0 Å². The minimum atomic E-state index is 0.811. The van der Waals surface area contributed by atoms with Gasteiger partial charge in [-0.2, -0.15) is 5.10 Å². The molecular weight excluding hydrogens is 254 g/mol. The van der Waals surface area contributed by atoms with E-state index in [0.29, 0.717) is 0 Å². The standard InChI is InChI=1S/C15H13N3S/c1-11-6-2-3-7-12(11)10-16-18-15-17-13-8-4-5-9-14(13)19-15/h2-10H,1H3,(H,17,18)/b16-10-. The summed E-state index contributed by atoms with van der Waals surface area (Å²) in [6.07, 6.45) is 1.82. The van der Waals surface area contributed by atoms with Crippen molar-refractivity contribution in [3.8, 4) is 0 Å². The number of rotatable bonds is 3. The molecule has 0 aliphatic rings. The van der Waals surface area contributed by atoms with Gasteiger partial charge in [0.15, 0.2) is 0 Å². The summed E-state index contributed by atoms with van der Waals surface area (Å²) in [6.45, 7) is 2.07. The van der Waals surface area contributed by atoms with E-state index in [9.17, 15) is 0 Å². The van der Waals surface area contributed by atoms with Gasteiger partial charge in [0, 0.05) is 0 Å². The summed E-state index contributed by atoms with van der Waals surface area (Å²) in [5.74, 6) is 0. The first-order chi connectivity index (χ1) is 9.33. The van der Waals surface area contributed by atoms with Crippen LogP contribution in [0.4, 0.5) is 5.13 Å². The zero-order valence-electron chi connectivity index (χ0n) is 10.5. The summed E-state index contributed by atoms with van der Waals surface area (Å²) in [5, 5.41) is 5.05. The molecule has 0 aliphatic carbocycles. The number of nitrogens with zero attached hydrogens (tertiary/aromatic N) is 2. The number of para-hydroxylation sites is 1. The molecule has 4 heteroatoms. The first kappa shape index (κ1) is 11.9. The predicted molar refractivity (Wildman–Crippen MR) is 82.0 cm³/mol. The lowest BCUT2D eigenvalue weighted by molar-refractivity contribution is 1.31. The minimum Gasteiger partial charge on any atom is -0.253 e. The van der Waals surface area contributed by atoms with E-state index >= 15 is 0 Å². The molecule has 0 aliphatic heterocycles. The molecule has 0 spiro atoms. The number of thiazole rings is 1. The third-order valence-electron chi connectivity index (χ3n) is 2.85. The Balaban J connectivity index is 1.77. The molecule has 0 amide bonds. The molecule has 0 saturated heterocycles. The highest BCUT2D eigenvalue weighted by Crippen LogP contribution is 2.25. The third-order valence-corrected chi connectivity index (χ3v) is 3.79. The van der Waals surface area contributed by atoms with Crippen molar-refractivity contribution in [2.24, 2.45) is 5.10 Å². The molecule has 0 unspecified atom stereocenters. The fraction of sp³-hybridized carbons (Fsp3) is 0.0667. The second kappa shape index (κ2) is 5.20. The van der Waals surface area contributed by atoms with Gasteiger partial charge >= 0.3 is 0 Å². The fourth-order valence-electron chi connectivity index (χ4n) is 1.81. The maximum Gasteiger partial charge on any atom is 0.204 e. The van der Waals surface area contributed by atoms with Crippen LogP contribution in [0.1, 0.15) is 11.1 Å². The molecule has 2 aromatic carbocycles. The highest BCUT2D eigenvalue weighted by Gasteiger charge is 2.00. The SMILES string of the molecule is Cc1ccccc1/C=N\Nc1nc2ccccc2s1. The van der Waals surface area contributed by atoms with Crippen LogP contribution < -0.4 is 5.43 Å². The van der Waals surface area contributed by atoms with E-state index in [2.05, 4.69) is 34.6 Å².